The molecule has 3 heterocycles. The van der Waals surface area contributed by atoms with Crippen molar-refractivity contribution in [2.24, 2.45) is 0 Å². The predicted molar refractivity (Wildman–Crippen MR) is 103 cm³/mol. The van der Waals surface area contributed by atoms with Crippen molar-refractivity contribution < 1.29 is 9.47 Å². The van der Waals surface area contributed by atoms with Crippen LogP contribution in [0.3, 0.4) is 0 Å². The van der Waals surface area contributed by atoms with E-state index in [1.54, 1.807) is 23.7 Å². The summed E-state index contributed by atoms with van der Waals surface area (Å²) in [6.07, 6.45) is 3.58. The molecule has 0 spiro atoms. The van der Waals surface area contributed by atoms with Crippen LogP contribution >= 0.6 is 27.3 Å². The molecule has 0 bridgehead atoms. The van der Waals surface area contributed by atoms with Gasteiger partial charge in [0.15, 0.2) is 0 Å². The van der Waals surface area contributed by atoms with Crippen LogP contribution in [0.2, 0.25) is 0 Å². The number of hydrogen-bond donors (Lipinski definition) is 0. The van der Waals surface area contributed by atoms with Crippen LogP contribution in [0, 0.1) is 0 Å². The minimum Gasteiger partial charge on any atom is -0.492 e. The molecule has 1 fully saturated rings. The molecule has 1 aliphatic rings. The number of hydrogen-bond acceptors (Lipinski definition) is 6. The Labute approximate surface area is 158 Å². The standard InChI is InChI=1S/C18H18BrN3O2S/c19-15-12-20-4-3-14(15)18-21-16-2-1-13(11-17(16)25-18)24-10-7-22-5-8-23-9-6-22/h1-4,11-12H,5-10H2. The number of ether oxygens (including phenoxy) is 2. The number of morpholine rings is 1. The van der Waals surface area contributed by atoms with E-state index < -0.39 is 0 Å². The van der Waals surface area contributed by atoms with Crippen molar-refractivity contribution in [2.75, 3.05) is 39.5 Å². The first-order valence-electron chi connectivity index (χ1n) is 8.23. The summed E-state index contributed by atoms with van der Waals surface area (Å²) < 4.78 is 13.4. The summed E-state index contributed by atoms with van der Waals surface area (Å²) in [5.41, 5.74) is 2.05. The zero-order valence-corrected chi connectivity index (χ0v) is 16.1. The van der Waals surface area contributed by atoms with Crippen LogP contribution in [0.5, 0.6) is 5.75 Å². The fraction of sp³-hybridized carbons (Fsp3) is 0.333. The van der Waals surface area contributed by atoms with E-state index in [2.05, 4.69) is 31.9 Å². The average Bonchev–Trinajstić information content (AvgIpc) is 3.06. The summed E-state index contributed by atoms with van der Waals surface area (Å²) in [6, 6.07) is 8.06. The number of fused-ring (bicyclic) bond motifs is 1. The van der Waals surface area contributed by atoms with Gasteiger partial charge in [-0.1, -0.05) is 0 Å². The van der Waals surface area contributed by atoms with Gasteiger partial charge in [-0.05, 0) is 40.2 Å². The van der Waals surface area contributed by atoms with Crippen molar-refractivity contribution in [1.82, 2.24) is 14.9 Å². The van der Waals surface area contributed by atoms with Gasteiger partial charge in [-0.25, -0.2) is 4.98 Å². The zero-order chi connectivity index (χ0) is 17.1. The van der Waals surface area contributed by atoms with E-state index in [1.807, 2.05) is 18.2 Å². The van der Waals surface area contributed by atoms with Gasteiger partial charge >= 0.3 is 0 Å². The van der Waals surface area contributed by atoms with E-state index in [1.165, 1.54) is 0 Å². The lowest BCUT2D eigenvalue weighted by Gasteiger charge is -2.26. The second-order valence-electron chi connectivity index (χ2n) is 5.81. The van der Waals surface area contributed by atoms with E-state index in [0.717, 1.165) is 63.9 Å². The molecule has 0 amide bonds. The van der Waals surface area contributed by atoms with Crippen molar-refractivity contribution in [3.05, 3.63) is 41.1 Å². The normalized spacial score (nSPS) is 15.6. The smallest absolute Gasteiger partial charge is 0.125 e. The van der Waals surface area contributed by atoms with Gasteiger partial charge in [-0.15, -0.1) is 11.3 Å². The summed E-state index contributed by atoms with van der Waals surface area (Å²) in [5.74, 6) is 0.893. The second kappa shape index (κ2) is 7.78. The first kappa shape index (κ1) is 16.9. The fourth-order valence-corrected chi connectivity index (χ4v) is 4.38. The Morgan fingerprint density at radius 2 is 2.12 bits per heavy atom. The quantitative estimate of drug-likeness (QED) is 0.628. The van der Waals surface area contributed by atoms with E-state index in [0.29, 0.717) is 6.61 Å². The Morgan fingerprint density at radius 1 is 1.24 bits per heavy atom. The molecule has 1 aromatic carbocycles. The van der Waals surface area contributed by atoms with Gasteiger partial charge in [0, 0.05) is 42.1 Å². The molecule has 1 aliphatic heterocycles. The largest absolute Gasteiger partial charge is 0.492 e. The summed E-state index contributed by atoms with van der Waals surface area (Å²) in [4.78, 5) is 11.2. The molecular weight excluding hydrogens is 402 g/mol. The fourth-order valence-electron chi connectivity index (χ4n) is 2.78. The van der Waals surface area contributed by atoms with Crippen LogP contribution in [0.1, 0.15) is 0 Å². The average molecular weight is 420 g/mol. The van der Waals surface area contributed by atoms with Crippen molar-refractivity contribution >= 4 is 37.5 Å². The highest BCUT2D eigenvalue weighted by Crippen LogP contribution is 2.35. The van der Waals surface area contributed by atoms with E-state index in [9.17, 15) is 0 Å². The Bertz CT molecular complexity index is 864. The SMILES string of the molecule is Brc1cnccc1-c1nc2ccc(OCCN3CCOCC3)cc2s1. The molecule has 0 atom stereocenters. The molecule has 0 N–H and O–H groups in total. The molecule has 0 saturated carbocycles. The van der Waals surface area contributed by atoms with Crippen LogP contribution in [0.4, 0.5) is 0 Å². The first-order chi connectivity index (χ1) is 12.3. The van der Waals surface area contributed by atoms with Gasteiger partial charge in [-0.3, -0.25) is 9.88 Å². The Morgan fingerprint density at radius 3 is 2.96 bits per heavy atom. The van der Waals surface area contributed by atoms with Crippen molar-refractivity contribution in [1.29, 1.82) is 0 Å². The van der Waals surface area contributed by atoms with Gasteiger partial charge in [0.1, 0.15) is 17.4 Å². The van der Waals surface area contributed by atoms with Crippen LogP contribution in [-0.4, -0.2) is 54.3 Å². The lowest BCUT2D eigenvalue weighted by molar-refractivity contribution is 0.0322. The minimum atomic E-state index is 0.688. The molecule has 130 valence electrons. The Hall–Kier alpha value is -1.54. The van der Waals surface area contributed by atoms with Crippen LogP contribution in [-0.2, 0) is 4.74 Å². The van der Waals surface area contributed by atoms with Crippen LogP contribution < -0.4 is 4.74 Å². The third-order valence-electron chi connectivity index (χ3n) is 4.14. The molecule has 4 rings (SSSR count). The van der Waals surface area contributed by atoms with Gasteiger partial charge in [-0.2, -0.15) is 0 Å². The first-order valence-corrected chi connectivity index (χ1v) is 9.84. The third kappa shape index (κ3) is 4.00. The number of pyridine rings is 1. The molecule has 25 heavy (non-hydrogen) atoms. The summed E-state index contributed by atoms with van der Waals surface area (Å²) in [7, 11) is 0. The molecule has 5 nitrogen and oxygen atoms in total. The highest BCUT2D eigenvalue weighted by atomic mass is 79.9. The summed E-state index contributed by atoms with van der Waals surface area (Å²) >= 11 is 5.21. The van der Waals surface area contributed by atoms with Crippen molar-refractivity contribution in [3.8, 4) is 16.3 Å². The molecule has 3 aromatic rings. The number of aromatic nitrogens is 2. The Balaban J connectivity index is 1.46. The summed E-state index contributed by atoms with van der Waals surface area (Å²) in [6.45, 7) is 5.23. The monoisotopic (exact) mass is 419 g/mol. The lowest BCUT2D eigenvalue weighted by Crippen LogP contribution is -2.38. The molecule has 0 unspecified atom stereocenters. The summed E-state index contributed by atoms with van der Waals surface area (Å²) in [5, 5.41) is 0.981. The van der Waals surface area contributed by atoms with Gasteiger partial charge in [0.25, 0.3) is 0 Å². The second-order valence-corrected chi connectivity index (χ2v) is 7.69. The number of halogens is 1. The van der Waals surface area contributed by atoms with E-state index in [-0.39, 0.29) is 0 Å². The maximum atomic E-state index is 5.93. The van der Waals surface area contributed by atoms with E-state index >= 15 is 0 Å². The number of rotatable bonds is 5. The third-order valence-corrected chi connectivity index (χ3v) is 5.83. The molecular formula is C18H18BrN3O2S. The molecule has 1 saturated heterocycles. The highest BCUT2D eigenvalue weighted by Gasteiger charge is 2.12. The van der Waals surface area contributed by atoms with Crippen LogP contribution in [0.15, 0.2) is 41.1 Å². The van der Waals surface area contributed by atoms with Crippen LogP contribution in [0.25, 0.3) is 20.8 Å². The zero-order valence-electron chi connectivity index (χ0n) is 13.7. The van der Waals surface area contributed by atoms with Crippen molar-refractivity contribution in [2.45, 2.75) is 0 Å². The van der Waals surface area contributed by atoms with Gasteiger partial charge in [0.05, 0.1) is 23.4 Å². The minimum absolute atomic E-state index is 0.688. The van der Waals surface area contributed by atoms with E-state index in [4.69, 9.17) is 14.5 Å². The molecule has 0 radical (unpaired) electrons. The maximum Gasteiger partial charge on any atom is 0.125 e. The maximum absolute atomic E-state index is 5.93. The highest BCUT2D eigenvalue weighted by molar-refractivity contribution is 9.10. The molecule has 0 aliphatic carbocycles. The predicted octanol–water partition coefficient (Wildman–Crippen LogP) is 3.83. The number of thiazole rings is 1. The lowest BCUT2D eigenvalue weighted by atomic mass is 10.3. The molecule has 2 aromatic heterocycles. The topological polar surface area (TPSA) is 47.5 Å². The van der Waals surface area contributed by atoms with Crippen molar-refractivity contribution in [3.63, 3.8) is 0 Å². The van der Waals surface area contributed by atoms with Gasteiger partial charge in [0.2, 0.25) is 0 Å². The number of nitrogens with zero attached hydrogens (tertiary/aromatic N) is 3. The number of benzene rings is 1. The molecule has 7 heteroatoms. The Kier molecular flexibility index (Phi) is 5.26. The van der Waals surface area contributed by atoms with Gasteiger partial charge < -0.3 is 9.47 Å².